The number of hydrogen-bond acceptors (Lipinski definition) is 6. The van der Waals surface area contributed by atoms with E-state index in [0.29, 0.717) is 5.56 Å². The van der Waals surface area contributed by atoms with E-state index in [4.69, 9.17) is 16.6 Å². The molecule has 0 aliphatic heterocycles. The molecule has 0 fully saturated rings. The lowest BCUT2D eigenvalue weighted by molar-refractivity contribution is -0.142. The van der Waals surface area contributed by atoms with E-state index < -0.39 is 47.8 Å². The van der Waals surface area contributed by atoms with Crippen molar-refractivity contribution in [3.05, 3.63) is 35.9 Å². The largest absolute Gasteiger partial charge is 0.481 e. The van der Waals surface area contributed by atoms with Crippen molar-refractivity contribution in [2.45, 2.75) is 50.2 Å². The third-order valence-corrected chi connectivity index (χ3v) is 4.22. The lowest BCUT2D eigenvalue weighted by atomic mass is 10.0. The first-order chi connectivity index (χ1) is 14.1. The summed E-state index contributed by atoms with van der Waals surface area (Å²) < 4.78 is 0. The van der Waals surface area contributed by atoms with Gasteiger partial charge in [0, 0.05) is 19.3 Å². The fourth-order valence-electron chi connectivity index (χ4n) is 2.56. The molecule has 0 aliphatic rings. The maximum Gasteiger partial charge on any atom is 0.326 e. The Morgan fingerprint density at radius 2 is 1.47 bits per heavy atom. The maximum atomic E-state index is 12.7. The van der Waals surface area contributed by atoms with E-state index in [9.17, 15) is 29.1 Å². The molecule has 30 heavy (non-hydrogen) atoms. The summed E-state index contributed by atoms with van der Waals surface area (Å²) in [5.74, 6) is -4.71. The first-order valence-electron chi connectivity index (χ1n) is 9.23. The van der Waals surface area contributed by atoms with Gasteiger partial charge in [-0.25, -0.2) is 4.79 Å². The van der Waals surface area contributed by atoms with Crippen molar-refractivity contribution < 1.29 is 34.2 Å². The van der Waals surface area contributed by atoms with Gasteiger partial charge in [-0.3, -0.25) is 19.2 Å². The van der Waals surface area contributed by atoms with Gasteiger partial charge in [-0.2, -0.15) is 0 Å². The third kappa shape index (κ3) is 9.15. The van der Waals surface area contributed by atoms with E-state index in [-0.39, 0.29) is 32.1 Å². The lowest BCUT2D eigenvalue weighted by Gasteiger charge is -2.23. The number of hydrogen-bond donors (Lipinski definition) is 6. The van der Waals surface area contributed by atoms with Crippen molar-refractivity contribution in [3.63, 3.8) is 0 Å². The molecule has 0 saturated heterocycles. The Bertz CT molecular complexity index is 769. The topological polar surface area (TPSA) is 202 Å². The van der Waals surface area contributed by atoms with E-state index in [2.05, 4.69) is 10.6 Å². The van der Waals surface area contributed by atoms with Crippen LogP contribution < -0.4 is 22.1 Å². The monoisotopic (exact) mass is 422 g/mol. The second-order valence-corrected chi connectivity index (χ2v) is 6.69. The number of carbonyl (C=O) groups excluding carboxylic acids is 3. The second-order valence-electron chi connectivity index (χ2n) is 6.69. The molecule has 3 amide bonds. The number of benzene rings is 1. The molecule has 1 aromatic carbocycles. The molecular formula is C19H26N4O7. The van der Waals surface area contributed by atoms with Gasteiger partial charge < -0.3 is 32.3 Å². The molecule has 0 heterocycles. The smallest absolute Gasteiger partial charge is 0.326 e. The Hall–Kier alpha value is -3.47. The van der Waals surface area contributed by atoms with Crippen LogP contribution in [-0.4, -0.2) is 58.0 Å². The normalized spacial score (nSPS) is 13.5. The number of nitrogens with one attached hydrogen (secondary N) is 2. The number of carboxylic acids is 2. The van der Waals surface area contributed by atoms with Gasteiger partial charge in [0.15, 0.2) is 0 Å². The third-order valence-electron chi connectivity index (χ3n) is 4.22. The van der Waals surface area contributed by atoms with Crippen molar-refractivity contribution in [1.29, 1.82) is 0 Å². The molecule has 0 saturated carbocycles. The van der Waals surface area contributed by atoms with Gasteiger partial charge in [-0.15, -0.1) is 0 Å². The molecule has 0 aliphatic carbocycles. The molecule has 0 bridgehead atoms. The van der Waals surface area contributed by atoms with Crippen LogP contribution in [0.15, 0.2) is 30.3 Å². The highest BCUT2D eigenvalue weighted by molar-refractivity contribution is 5.92. The standard InChI is InChI=1S/C19H26N4O7/c20-12(6-9-16(25)26)17(27)23-14(10-11-4-2-1-3-5-11)18(28)22-13(19(29)30)7-8-15(21)24/h1-5,12-14H,6-10,20H2,(H2,21,24)(H,22,28)(H,23,27)(H,25,26)(H,29,30). The van der Waals surface area contributed by atoms with Crippen molar-refractivity contribution in [2.24, 2.45) is 11.5 Å². The molecule has 0 radical (unpaired) electrons. The molecular weight excluding hydrogens is 396 g/mol. The van der Waals surface area contributed by atoms with E-state index in [1.807, 2.05) is 0 Å². The highest BCUT2D eigenvalue weighted by Crippen LogP contribution is 2.06. The fraction of sp³-hybridized carbons (Fsp3) is 0.421. The van der Waals surface area contributed by atoms with Gasteiger partial charge in [0.25, 0.3) is 0 Å². The summed E-state index contributed by atoms with van der Waals surface area (Å²) in [5, 5.41) is 22.7. The number of nitrogens with two attached hydrogens (primary N) is 2. The van der Waals surface area contributed by atoms with Crippen LogP contribution in [0.25, 0.3) is 0 Å². The van der Waals surface area contributed by atoms with E-state index in [1.165, 1.54) is 0 Å². The fourth-order valence-corrected chi connectivity index (χ4v) is 2.56. The number of aliphatic carboxylic acids is 2. The second kappa shape index (κ2) is 12.2. The quantitative estimate of drug-likeness (QED) is 0.226. The Morgan fingerprint density at radius 1 is 0.867 bits per heavy atom. The van der Waals surface area contributed by atoms with Gasteiger partial charge in [0.1, 0.15) is 12.1 Å². The molecule has 1 aromatic rings. The summed E-state index contributed by atoms with van der Waals surface area (Å²) in [5.41, 5.74) is 11.4. The average molecular weight is 422 g/mol. The lowest BCUT2D eigenvalue weighted by Crippen LogP contribution is -2.55. The zero-order chi connectivity index (χ0) is 22.7. The van der Waals surface area contributed by atoms with E-state index >= 15 is 0 Å². The molecule has 8 N–H and O–H groups in total. The minimum Gasteiger partial charge on any atom is -0.481 e. The highest BCUT2D eigenvalue weighted by atomic mass is 16.4. The summed E-state index contributed by atoms with van der Waals surface area (Å²) >= 11 is 0. The Morgan fingerprint density at radius 3 is 2.00 bits per heavy atom. The number of amides is 3. The number of rotatable bonds is 13. The summed E-state index contributed by atoms with van der Waals surface area (Å²) in [4.78, 5) is 58.0. The molecule has 0 spiro atoms. The molecule has 0 aromatic heterocycles. The molecule has 1 rings (SSSR count). The van der Waals surface area contributed by atoms with Crippen molar-refractivity contribution in [3.8, 4) is 0 Å². The van der Waals surface area contributed by atoms with Crippen LogP contribution in [0.5, 0.6) is 0 Å². The number of carboxylic acid groups (broad SMARTS) is 2. The van der Waals surface area contributed by atoms with Gasteiger partial charge in [-0.1, -0.05) is 30.3 Å². The molecule has 164 valence electrons. The maximum absolute atomic E-state index is 12.7. The Labute approximate surface area is 172 Å². The van der Waals surface area contributed by atoms with Crippen molar-refractivity contribution >= 4 is 29.7 Å². The van der Waals surface area contributed by atoms with E-state index in [1.54, 1.807) is 30.3 Å². The first kappa shape index (κ1) is 24.6. The summed E-state index contributed by atoms with van der Waals surface area (Å²) in [6.45, 7) is 0. The van der Waals surface area contributed by atoms with Gasteiger partial charge in [0.05, 0.1) is 6.04 Å². The predicted molar refractivity (Wildman–Crippen MR) is 105 cm³/mol. The van der Waals surface area contributed by atoms with Crippen LogP contribution in [0.2, 0.25) is 0 Å². The molecule has 11 nitrogen and oxygen atoms in total. The van der Waals surface area contributed by atoms with E-state index in [0.717, 1.165) is 0 Å². The van der Waals surface area contributed by atoms with Gasteiger partial charge in [-0.05, 0) is 18.4 Å². The number of primary amides is 1. The highest BCUT2D eigenvalue weighted by Gasteiger charge is 2.28. The zero-order valence-electron chi connectivity index (χ0n) is 16.2. The molecule has 3 unspecified atom stereocenters. The Kier molecular flexibility index (Phi) is 9.97. The van der Waals surface area contributed by atoms with Crippen LogP contribution in [0.1, 0.15) is 31.2 Å². The van der Waals surface area contributed by atoms with Crippen LogP contribution >= 0.6 is 0 Å². The molecule has 3 atom stereocenters. The summed E-state index contributed by atoms with van der Waals surface area (Å²) in [7, 11) is 0. The summed E-state index contributed by atoms with van der Waals surface area (Å²) in [6, 6.07) is 4.99. The van der Waals surface area contributed by atoms with Crippen LogP contribution in [-0.2, 0) is 30.4 Å². The Balaban J connectivity index is 2.91. The summed E-state index contributed by atoms with van der Waals surface area (Å²) in [6.07, 6.45) is -0.852. The SMILES string of the molecule is NC(=O)CCC(NC(=O)C(Cc1ccccc1)NC(=O)C(N)CCC(=O)O)C(=O)O. The van der Waals surface area contributed by atoms with Gasteiger partial charge >= 0.3 is 11.9 Å². The minimum absolute atomic E-state index is 0.0478. The zero-order valence-corrected chi connectivity index (χ0v) is 16.2. The van der Waals surface area contributed by atoms with Crippen molar-refractivity contribution in [2.75, 3.05) is 0 Å². The van der Waals surface area contributed by atoms with Crippen LogP contribution in [0.4, 0.5) is 0 Å². The predicted octanol–water partition coefficient (Wildman–Crippen LogP) is -1.26. The molecule has 11 heteroatoms. The number of carbonyl (C=O) groups is 5. The van der Waals surface area contributed by atoms with Crippen molar-refractivity contribution in [1.82, 2.24) is 10.6 Å². The average Bonchev–Trinajstić information content (AvgIpc) is 2.68. The minimum atomic E-state index is -1.37. The van der Waals surface area contributed by atoms with Gasteiger partial charge in [0.2, 0.25) is 17.7 Å². The van der Waals surface area contributed by atoms with Crippen LogP contribution in [0, 0.1) is 0 Å². The first-order valence-corrected chi connectivity index (χ1v) is 9.23. The van der Waals surface area contributed by atoms with Crippen LogP contribution in [0.3, 0.4) is 0 Å².